The molecule has 0 unspecified atom stereocenters. The predicted molar refractivity (Wildman–Crippen MR) is 89.1 cm³/mol. The van der Waals surface area contributed by atoms with Gasteiger partial charge in [-0.1, -0.05) is 19.8 Å². The molecular weight excluding hydrogens is 389 g/mol. The molecule has 0 radical (unpaired) electrons. The van der Waals surface area contributed by atoms with Crippen LogP contribution in [0.4, 0.5) is 26.7 Å². The van der Waals surface area contributed by atoms with Crippen LogP contribution in [0.3, 0.4) is 0 Å². The van der Waals surface area contributed by atoms with Crippen LogP contribution in [0.2, 0.25) is 0 Å². The molecule has 0 aromatic heterocycles. The number of carbonyl (C=O) groups is 2. The Labute approximate surface area is 159 Å². The van der Waals surface area contributed by atoms with E-state index in [-0.39, 0.29) is 13.0 Å². The monoisotopic (exact) mass is 411 g/mol. The normalized spacial score (nSPS) is 12.5. The lowest BCUT2D eigenvalue weighted by molar-refractivity contribution is -0.139. The van der Waals surface area contributed by atoms with Gasteiger partial charge in [-0.2, -0.15) is 8.78 Å². The number of esters is 1. The molecule has 1 rings (SSSR count). The fraction of sp³-hybridized carbons (Fsp3) is 0.556. The third-order valence-corrected chi connectivity index (χ3v) is 3.50. The van der Waals surface area contributed by atoms with E-state index in [9.17, 15) is 31.5 Å². The molecule has 0 saturated carbocycles. The van der Waals surface area contributed by atoms with E-state index in [2.05, 4.69) is 10.1 Å². The first-order valence-corrected chi connectivity index (χ1v) is 8.59. The Morgan fingerprint density at radius 3 is 1.93 bits per heavy atom. The average molecular weight is 411 g/mol. The van der Waals surface area contributed by atoms with Gasteiger partial charge in [0.15, 0.2) is 0 Å². The highest BCUT2D eigenvalue weighted by atomic mass is 19.2. The summed E-state index contributed by atoms with van der Waals surface area (Å²) in [6.45, 7) is 6.38. The van der Waals surface area contributed by atoms with Crippen molar-refractivity contribution in [3.05, 3.63) is 29.1 Å². The number of unbranched alkanes of at least 4 members (excludes halogenated alkanes) is 1. The fourth-order valence-electron chi connectivity index (χ4n) is 2.13. The van der Waals surface area contributed by atoms with Gasteiger partial charge in [0.2, 0.25) is 34.8 Å². The molecule has 0 heterocycles. The summed E-state index contributed by atoms with van der Waals surface area (Å²) < 4.78 is 76.4. The molecule has 1 amide bonds. The quantitative estimate of drug-likeness (QED) is 0.234. The maximum absolute atomic E-state index is 13.7. The van der Waals surface area contributed by atoms with Crippen LogP contribution in [0.1, 0.15) is 47.0 Å². The molecule has 0 aliphatic carbocycles. The van der Waals surface area contributed by atoms with E-state index >= 15 is 0 Å². The van der Waals surface area contributed by atoms with Crippen molar-refractivity contribution in [2.45, 2.75) is 52.6 Å². The highest BCUT2D eigenvalue weighted by Gasteiger charge is 2.31. The largest absolute Gasteiger partial charge is 0.444 e. The number of nitrogens with one attached hydrogen (secondary N) is 1. The SMILES string of the molecule is CCCC[C@H](CNC(=O)OC(C)(C)C)C(=O)Oc1c(F)c(F)c(F)c(F)c1F. The van der Waals surface area contributed by atoms with Crippen LogP contribution >= 0.6 is 0 Å². The van der Waals surface area contributed by atoms with E-state index in [0.29, 0.717) is 12.8 Å². The van der Waals surface area contributed by atoms with E-state index in [1.807, 2.05) is 6.92 Å². The van der Waals surface area contributed by atoms with Gasteiger partial charge in [0.25, 0.3) is 0 Å². The first-order valence-electron chi connectivity index (χ1n) is 8.59. The molecule has 1 aromatic carbocycles. The van der Waals surface area contributed by atoms with E-state index < -0.39 is 58.4 Å². The molecular formula is C18H22F5NO4. The Hall–Kier alpha value is -2.39. The highest BCUT2D eigenvalue weighted by molar-refractivity contribution is 5.76. The van der Waals surface area contributed by atoms with Gasteiger partial charge >= 0.3 is 12.1 Å². The zero-order valence-electron chi connectivity index (χ0n) is 15.9. The van der Waals surface area contributed by atoms with Gasteiger partial charge in [0, 0.05) is 6.54 Å². The van der Waals surface area contributed by atoms with Crippen LogP contribution < -0.4 is 10.1 Å². The van der Waals surface area contributed by atoms with Gasteiger partial charge in [0.1, 0.15) is 5.60 Å². The summed E-state index contributed by atoms with van der Waals surface area (Å²) in [6, 6.07) is 0. The van der Waals surface area contributed by atoms with Gasteiger partial charge in [-0.05, 0) is 27.2 Å². The summed E-state index contributed by atoms with van der Waals surface area (Å²) in [4.78, 5) is 23.9. The molecule has 1 N–H and O–H groups in total. The molecule has 0 fully saturated rings. The van der Waals surface area contributed by atoms with Crippen molar-refractivity contribution in [2.75, 3.05) is 6.54 Å². The molecule has 1 atom stereocenters. The minimum absolute atomic E-state index is 0.153. The lowest BCUT2D eigenvalue weighted by atomic mass is 10.0. The number of rotatable bonds is 7. The first-order chi connectivity index (χ1) is 12.9. The molecule has 158 valence electrons. The minimum atomic E-state index is -2.36. The summed E-state index contributed by atoms with van der Waals surface area (Å²) in [6.07, 6.45) is 0.463. The summed E-state index contributed by atoms with van der Waals surface area (Å²) in [5.74, 6) is -15.3. The maximum Gasteiger partial charge on any atom is 0.407 e. The van der Waals surface area contributed by atoms with E-state index in [1.165, 1.54) is 0 Å². The van der Waals surface area contributed by atoms with Crippen molar-refractivity contribution >= 4 is 12.1 Å². The molecule has 0 bridgehead atoms. The second-order valence-corrected chi connectivity index (χ2v) is 7.04. The van der Waals surface area contributed by atoms with Crippen LogP contribution in [0.15, 0.2) is 0 Å². The third-order valence-electron chi connectivity index (χ3n) is 3.50. The van der Waals surface area contributed by atoms with Gasteiger partial charge < -0.3 is 14.8 Å². The minimum Gasteiger partial charge on any atom is -0.444 e. The van der Waals surface area contributed by atoms with E-state index in [0.717, 1.165) is 0 Å². The summed E-state index contributed by atoms with van der Waals surface area (Å²) >= 11 is 0. The number of ether oxygens (including phenoxy) is 2. The summed E-state index contributed by atoms with van der Waals surface area (Å²) in [5, 5.41) is 2.32. The number of hydrogen-bond donors (Lipinski definition) is 1. The van der Waals surface area contributed by atoms with Crippen molar-refractivity contribution in [1.82, 2.24) is 5.32 Å². The van der Waals surface area contributed by atoms with Crippen LogP contribution in [0, 0.1) is 35.0 Å². The lowest BCUT2D eigenvalue weighted by Gasteiger charge is -2.21. The predicted octanol–water partition coefficient (Wildman–Crippen LogP) is 4.62. The average Bonchev–Trinajstić information content (AvgIpc) is 2.60. The smallest absolute Gasteiger partial charge is 0.407 e. The van der Waals surface area contributed by atoms with Gasteiger partial charge in [-0.15, -0.1) is 0 Å². The van der Waals surface area contributed by atoms with Crippen molar-refractivity contribution in [3.8, 4) is 5.75 Å². The molecule has 10 heteroatoms. The van der Waals surface area contributed by atoms with Crippen LogP contribution in [-0.4, -0.2) is 24.2 Å². The summed E-state index contributed by atoms with van der Waals surface area (Å²) in [7, 11) is 0. The van der Waals surface area contributed by atoms with Crippen LogP contribution in [0.5, 0.6) is 5.75 Å². The second-order valence-electron chi connectivity index (χ2n) is 7.04. The van der Waals surface area contributed by atoms with E-state index in [1.54, 1.807) is 20.8 Å². The first kappa shape index (κ1) is 23.6. The van der Waals surface area contributed by atoms with Crippen molar-refractivity contribution in [1.29, 1.82) is 0 Å². The fourth-order valence-corrected chi connectivity index (χ4v) is 2.13. The zero-order valence-corrected chi connectivity index (χ0v) is 15.9. The van der Waals surface area contributed by atoms with E-state index in [4.69, 9.17) is 4.74 Å². The van der Waals surface area contributed by atoms with Crippen LogP contribution in [0.25, 0.3) is 0 Å². The molecule has 0 aliphatic heterocycles. The zero-order chi connectivity index (χ0) is 21.6. The topological polar surface area (TPSA) is 64.6 Å². The number of benzene rings is 1. The van der Waals surface area contributed by atoms with Crippen molar-refractivity contribution < 1.29 is 41.0 Å². The number of carbonyl (C=O) groups excluding carboxylic acids is 2. The van der Waals surface area contributed by atoms with Crippen molar-refractivity contribution in [2.24, 2.45) is 5.92 Å². The molecule has 1 aromatic rings. The second kappa shape index (κ2) is 9.70. The van der Waals surface area contributed by atoms with Crippen LogP contribution in [-0.2, 0) is 9.53 Å². The molecule has 0 aliphatic rings. The number of halogens is 5. The number of alkyl carbamates (subject to hydrolysis) is 1. The Balaban J connectivity index is 2.96. The van der Waals surface area contributed by atoms with Gasteiger partial charge in [0.05, 0.1) is 5.92 Å². The van der Waals surface area contributed by atoms with Gasteiger partial charge in [-0.25, -0.2) is 18.0 Å². The molecule has 0 saturated heterocycles. The Kier molecular flexibility index (Phi) is 8.19. The molecule has 5 nitrogen and oxygen atoms in total. The highest BCUT2D eigenvalue weighted by Crippen LogP contribution is 2.30. The standard InChI is InChI=1S/C18H22F5NO4/c1-5-6-7-9(8-24-17(26)28-18(2,3)4)16(25)27-15-13(22)11(20)10(19)12(21)14(15)23/h9H,5-8H2,1-4H3,(H,24,26)/t9-/m1/s1. The van der Waals surface area contributed by atoms with Gasteiger partial charge in [-0.3, -0.25) is 4.79 Å². The maximum atomic E-state index is 13.7. The molecule has 28 heavy (non-hydrogen) atoms. The van der Waals surface area contributed by atoms with Crippen molar-refractivity contribution in [3.63, 3.8) is 0 Å². The number of hydrogen-bond acceptors (Lipinski definition) is 4. The third kappa shape index (κ3) is 6.35. The number of amides is 1. The Bertz CT molecular complexity index is 705. The summed E-state index contributed by atoms with van der Waals surface area (Å²) in [5.41, 5.74) is -0.793. The Morgan fingerprint density at radius 2 is 1.46 bits per heavy atom. The lowest BCUT2D eigenvalue weighted by Crippen LogP contribution is -2.38. The molecule has 0 spiro atoms. The Morgan fingerprint density at radius 1 is 0.964 bits per heavy atom.